The fraction of sp³-hybridized carbons (Fsp3) is 0.333. The van der Waals surface area contributed by atoms with Gasteiger partial charge in [0.25, 0.3) is 0 Å². The zero-order valence-corrected chi connectivity index (χ0v) is 13.0. The number of pyridine rings is 1. The Morgan fingerprint density at radius 1 is 1.29 bits per heavy atom. The SMILES string of the molecule is Clc1ccc(-n2c(C3CCCCN3)nc3cccnc32)s1. The molecule has 0 aromatic carbocycles. The Morgan fingerprint density at radius 2 is 2.24 bits per heavy atom. The summed E-state index contributed by atoms with van der Waals surface area (Å²) in [6, 6.07) is 8.19. The van der Waals surface area contributed by atoms with Gasteiger partial charge in [-0.3, -0.25) is 4.57 Å². The first kappa shape index (κ1) is 13.2. The van der Waals surface area contributed by atoms with Crippen molar-refractivity contribution in [2.45, 2.75) is 25.3 Å². The van der Waals surface area contributed by atoms with Crippen molar-refractivity contribution in [3.05, 3.63) is 40.6 Å². The van der Waals surface area contributed by atoms with Crippen LogP contribution in [0.25, 0.3) is 16.2 Å². The summed E-state index contributed by atoms with van der Waals surface area (Å²) < 4.78 is 2.93. The minimum atomic E-state index is 0.286. The van der Waals surface area contributed by atoms with Gasteiger partial charge in [0, 0.05) is 6.20 Å². The van der Waals surface area contributed by atoms with Gasteiger partial charge < -0.3 is 5.32 Å². The van der Waals surface area contributed by atoms with E-state index in [9.17, 15) is 0 Å². The molecule has 0 radical (unpaired) electrons. The fourth-order valence-electron chi connectivity index (χ4n) is 2.88. The molecule has 4 rings (SSSR count). The van der Waals surface area contributed by atoms with Crippen molar-refractivity contribution in [1.29, 1.82) is 0 Å². The minimum Gasteiger partial charge on any atom is -0.307 e. The predicted molar refractivity (Wildman–Crippen MR) is 86.3 cm³/mol. The maximum Gasteiger partial charge on any atom is 0.165 e. The molecular formula is C15H15ClN4S. The average molecular weight is 319 g/mol. The molecule has 4 heterocycles. The molecule has 1 atom stereocenters. The van der Waals surface area contributed by atoms with Gasteiger partial charge in [0.15, 0.2) is 5.65 Å². The second-order valence-corrected chi connectivity index (χ2v) is 6.93. The summed E-state index contributed by atoms with van der Waals surface area (Å²) in [6.07, 6.45) is 5.40. The predicted octanol–water partition coefficient (Wildman–Crippen LogP) is 3.95. The van der Waals surface area contributed by atoms with Gasteiger partial charge in [-0.2, -0.15) is 0 Å². The summed E-state index contributed by atoms with van der Waals surface area (Å²) in [7, 11) is 0. The van der Waals surface area contributed by atoms with Gasteiger partial charge in [-0.25, -0.2) is 9.97 Å². The average Bonchev–Trinajstić information content (AvgIpc) is 3.11. The van der Waals surface area contributed by atoms with Crippen LogP contribution in [0, 0.1) is 0 Å². The zero-order valence-electron chi connectivity index (χ0n) is 11.4. The maximum absolute atomic E-state index is 6.12. The molecule has 0 spiro atoms. The Morgan fingerprint density at radius 3 is 3.00 bits per heavy atom. The summed E-state index contributed by atoms with van der Waals surface area (Å²) in [5.41, 5.74) is 1.84. The van der Waals surface area contributed by atoms with Crippen LogP contribution in [0.2, 0.25) is 4.34 Å². The number of rotatable bonds is 2. The van der Waals surface area contributed by atoms with E-state index in [-0.39, 0.29) is 6.04 Å². The molecule has 1 unspecified atom stereocenters. The van der Waals surface area contributed by atoms with E-state index in [1.165, 1.54) is 12.8 Å². The molecule has 3 aromatic rings. The quantitative estimate of drug-likeness (QED) is 0.778. The monoisotopic (exact) mass is 318 g/mol. The Balaban J connectivity index is 1.92. The number of hydrogen-bond donors (Lipinski definition) is 1. The standard InChI is InChI=1S/C15H15ClN4S/c16-12-6-7-13(21-12)20-14-11(5-3-9-18-14)19-15(20)10-4-1-2-8-17-10/h3,5-7,9-10,17H,1-2,4,8H2. The summed E-state index contributed by atoms with van der Waals surface area (Å²) in [5.74, 6) is 1.04. The molecule has 21 heavy (non-hydrogen) atoms. The van der Waals surface area contributed by atoms with Crippen molar-refractivity contribution in [2.75, 3.05) is 6.54 Å². The summed E-state index contributed by atoms with van der Waals surface area (Å²) in [6.45, 7) is 1.05. The number of halogens is 1. The lowest BCUT2D eigenvalue weighted by Crippen LogP contribution is -2.29. The molecular weight excluding hydrogens is 304 g/mol. The molecule has 0 bridgehead atoms. The number of thiophene rings is 1. The van der Waals surface area contributed by atoms with Crippen LogP contribution >= 0.6 is 22.9 Å². The van der Waals surface area contributed by atoms with Crippen LogP contribution in [0.1, 0.15) is 31.1 Å². The first-order chi connectivity index (χ1) is 10.3. The molecule has 0 saturated carbocycles. The van der Waals surface area contributed by atoms with E-state index in [1.54, 1.807) is 11.3 Å². The van der Waals surface area contributed by atoms with Gasteiger partial charge in [0.05, 0.1) is 10.4 Å². The van der Waals surface area contributed by atoms with Gasteiger partial charge in [-0.05, 0) is 43.7 Å². The Labute approximate surface area is 131 Å². The Kier molecular flexibility index (Phi) is 3.41. The van der Waals surface area contributed by atoms with E-state index < -0.39 is 0 Å². The number of aromatic nitrogens is 3. The van der Waals surface area contributed by atoms with Crippen LogP contribution in [0.15, 0.2) is 30.5 Å². The third kappa shape index (κ3) is 2.35. The first-order valence-electron chi connectivity index (χ1n) is 7.15. The van der Waals surface area contributed by atoms with Gasteiger partial charge in [-0.1, -0.05) is 18.0 Å². The van der Waals surface area contributed by atoms with Gasteiger partial charge in [0.2, 0.25) is 0 Å². The number of nitrogens with zero attached hydrogens (tertiary/aromatic N) is 3. The van der Waals surface area contributed by atoms with Crippen molar-refractivity contribution in [3.63, 3.8) is 0 Å². The smallest absolute Gasteiger partial charge is 0.165 e. The molecule has 6 heteroatoms. The molecule has 108 valence electrons. The van der Waals surface area contributed by atoms with Crippen molar-refractivity contribution < 1.29 is 0 Å². The van der Waals surface area contributed by atoms with Gasteiger partial charge in [0.1, 0.15) is 16.3 Å². The Hall–Kier alpha value is -1.43. The van der Waals surface area contributed by atoms with Crippen LogP contribution in [-0.4, -0.2) is 21.1 Å². The van der Waals surface area contributed by atoms with Crippen molar-refractivity contribution in [2.24, 2.45) is 0 Å². The number of piperidine rings is 1. The topological polar surface area (TPSA) is 42.7 Å². The van der Waals surface area contributed by atoms with Gasteiger partial charge >= 0.3 is 0 Å². The molecule has 3 aromatic heterocycles. The van der Waals surface area contributed by atoms with E-state index in [2.05, 4.69) is 14.9 Å². The molecule has 1 aliphatic rings. The minimum absolute atomic E-state index is 0.286. The lowest BCUT2D eigenvalue weighted by atomic mass is 10.0. The zero-order chi connectivity index (χ0) is 14.2. The molecule has 1 aliphatic heterocycles. The molecule has 4 nitrogen and oxygen atoms in total. The van der Waals surface area contributed by atoms with Crippen molar-refractivity contribution >= 4 is 34.1 Å². The van der Waals surface area contributed by atoms with E-state index >= 15 is 0 Å². The summed E-state index contributed by atoms with van der Waals surface area (Å²) >= 11 is 7.67. The van der Waals surface area contributed by atoms with Crippen LogP contribution in [0.4, 0.5) is 0 Å². The molecule has 1 fully saturated rings. The van der Waals surface area contributed by atoms with Crippen LogP contribution in [0.3, 0.4) is 0 Å². The second-order valence-electron chi connectivity index (χ2n) is 5.23. The van der Waals surface area contributed by atoms with E-state index in [1.807, 2.05) is 30.5 Å². The molecule has 0 aliphatic carbocycles. The van der Waals surface area contributed by atoms with E-state index in [4.69, 9.17) is 16.6 Å². The van der Waals surface area contributed by atoms with E-state index in [0.717, 1.165) is 39.3 Å². The maximum atomic E-state index is 6.12. The molecule has 1 saturated heterocycles. The van der Waals surface area contributed by atoms with Gasteiger partial charge in [-0.15, -0.1) is 11.3 Å². The van der Waals surface area contributed by atoms with Crippen molar-refractivity contribution in [1.82, 2.24) is 19.9 Å². The van der Waals surface area contributed by atoms with E-state index in [0.29, 0.717) is 0 Å². The highest BCUT2D eigenvalue weighted by atomic mass is 35.5. The van der Waals surface area contributed by atoms with Crippen LogP contribution in [-0.2, 0) is 0 Å². The first-order valence-corrected chi connectivity index (χ1v) is 8.35. The normalized spacial score (nSPS) is 19.2. The third-order valence-corrected chi connectivity index (χ3v) is 5.06. The number of nitrogens with one attached hydrogen (secondary N) is 1. The van der Waals surface area contributed by atoms with Crippen LogP contribution < -0.4 is 5.32 Å². The highest BCUT2D eigenvalue weighted by Crippen LogP contribution is 2.32. The number of imidazole rings is 1. The summed E-state index contributed by atoms with van der Waals surface area (Å²) in [4.78, 5) is 9.34. The summed E-state index contributed by atoms with van der Waals surface area (Å²) in [5, 5.41) is 4.65. The molecule has 1 N–H and O–H groups in total. The fourth-order valence-corrected chi connectivity index (χ4v) is 3.92. The largest absolute Gasteiger partial charge is 0.307 e. The third-order valence-electron chi connectivity index (χ3n) is 3.84. The van der Waals surface area contributed by atoms with Crippen molar-refractivity contribution in [3.8, 4) is 5.00 Å². The Bertz CT molecular complexity index is 773. The second kappa shape index (κ2) is 5.40. The number of hydrogen-bond acceptors (Lipinski definition) is 4. The van der Waals surface area contributed by atoms with Crippen LogP contribution in [0.5, 0.6) is 0 Å². The molecule has 0 amide bonds. The lowest BCUT2D eigenvalue weighted by molar-refractivity contribution is 0.395. The number of fused-ring (bicyclic) bond motifs is 1. The highest BCUT2D eigenvalue weighted by Gasteiger charge is 2.23. The highest BCUT2D eigenvalue weighted by molar-refractivity contribution is 7.18. The lowest BCUT2D eigenvalue weighted by Gasteiger charge is -2.23.